The van der Waals surface area contributed by atoms with Crippen LogP contribution < -0.4 is 4.74 Å². The molecule has 0 radical (unpaired) electrons. The van der Waals surface area contributed by atoms with Crippen molar-refractivity contribution in [1.29, 1.82) is 0 Å². The van der Waals surface area contributed by atoms with E-state index in [-0.39, 0.29) is 36.2 Å². The van der Waals surface area contributed by atoms with E-state index in [0.717, 1.165) is 24.8 Å². The largest absolute Gasteiger partial charge is 0.508 e. The molecule has 2 atom stereocenters. The zero-order valence-corrected chi connectivity index (χ0v) is 17.3. The molecular formula is C25H38O3. The van der Waals surface area contributed by atoms with Gasteiger partial charge in [0.25, 0.3) is 0 Å². The fourth-order valence-electron chi connectivity index (χ4n) is 4.80. The van der Waals surface area contributed by atoms with E-state index in [1.165, 1.54) is 6.07 Å². The first-order chi connectivity index (χ1) is 15.7. The molecule has 1 heterocycles. The van der Waals surface area contributed by atoms with E-state index >= 15 is 0 Å². The maximum absolute atomic E-state index is 11.2. The van der Waals surface area contributed by atoms with Gasteiger partial charge in [0.1, 0.15) is 17.1 Å². The minimum atomic E-state index is -2.81. The lowest BCUT2D eigenvalue weighted by molar-refractivity contribution is 0.00662. The highest BCUT2D eigenvalue weighted by molar-refractivity contribution is 5.54. The lowest BCUT2D eigenvalue weighted by atomic mass is 9.66. The van der Waals surface area contributed by atoms with Crippen LogP contribution in [0.4, 0.5) is 0 Å². The summed E-state index contributed by atoms with van der Waals surface area (Å²) < 4.78 is 56.2. The summed E-state index contributed by atoms with van der Waals surface area (Å²) in [5, 5.41) is 20.9. The van der Waals surface area contributed by atoms with Crippen molar-refractivity contribution >= 4 is 0 Å². The van der Waals surface area contributed by atoms with Gasteiger partial charge in [0.2, 0.25) is 0 Å². The molecular weight excluding hydrogens is 348 g/mol. The number of aliphatic hydroxyl groups excluding tert-OH is 1. The first-order valence-electron chi connectivity index (χ1n) is 13.5. The second-order valence-electron chi connectivity index (χ2n) is 9.00. The third-order valence-electron chi connectivity index (χ3n) is 6.49. The Kier molecular flexibility index (Phi) is 4.19. The second-order valence-corrected chi connectivity index (χ2v) is 9.00. The lowest BCUT2D eigenvalue weighted by Gasteiger charge is -2.47. The number of phenols is 1. The van der Waals surface area contributed by atoms with Gasteiger partial charge in [-0.1, -0.05) is 52.4 Å². The molecule has 2 aliphatic rings. The van der Waals surface area contributed by atoms with Crippen LogP contribution in [0, 0.1) is 5.92 Å². The van der Waals surface area contributed by atoms with Crippen LogP contribution in [0.3, 0.4) is 0 Å². The van der Waals surface area contributed by atoms with Crippen molar-refractivity contribution in [2.45, 2.75) is 96.4 Å². The third-order valence-corrected chi connectivity index (χ3v) is 6.49. The van der Waals surface area contributed by atoms with Crippen LogP contribution in [0.15, 0.2) is 23.8 Å². The zero-order valence-electron chi connectivity index (χ0n) is 23.3. The summed E-state index contributed by atoms with van der Waals surface area (Å²) in [5.74, 6) is 0.158. The molecule has 0 fully saturated rings. The fourth-order valence-corrected chi connectivity index (χ4v) is 4.80. The molecule has 0 amide bonds. The third kappa shape index (κ3) is 4.10. The van der Waals surface area contributed by atoms with Crippen molar-refractivity contribution in [2.75, 3.05) is 6.61 Å². The molecule has 0 bridgehead atoms. The van der Waals surface area contributed by atoms with Crippen LogP contribution in [-0.2, 0) is 5.41 Å². The van der Waals surface area contributed by atoms with E-state index in [1.807, 2.05) is 26.8 Å². The van der Waals surface area contributed by atoms with Crippen LogP contribution in [0.25, 0.3) is 0 Å². The van der Waals surface area contributed by atoms with Gasteiger partial charge in [0.15, 0.2) is 0 Å². The Hall–Kier alpha value is -1.48. The van der Waals surface area contributed by atoms with E-state index in [2.05, 4.69) is 0 Å². The number of fused-ring (bicyclic) bond motifs is 3. The molecule has 0 saturated carbocycles. The number of benzene rings is 1. The normalized spacial score (nSPS) is 27.5. The maximum atomic E-state index is 11.2. The Balaban J connectivity index is 2.17. The highest BCUT2D eigenvalue weighted by atomic mass is 16.5. The van der Waals surface area contributed by atoms with Crippen LogP contribution in [0.1, 0.15) is 105 Å². The van der Waals surface area contributed by atoms with E-state index in [1.54, 1.807) is 6.07 Å². The molecule has 3 nitrogen and oxygen atoms in total. The van der Waals surface area contributed by atoms with E-state index < -0.39 is 24.7 Å². The number of aliphatic hydroxyl groups is 1. The molecule has 3 heteroatoms. The predicted molar refractivity (Wildman–Crippen MR) is 115 cm³/mol. The fraction of sp³-hybridized carbons (Fsp3) is 0.680. The van der Waals surface area contributed by atoms with Crippen molar-refractivity contribution in [3.63, 3.8) is 0 Å². The molecule has 28 heavy (non-hydrogen) atoms. The smallest absolute Gasteiger partial charge is 0.127 e. The summed E-state index contributed by atoms with van der Waals surface area (Å²) in [4.78, 5) is 0. The standard InChI is InChI=1S/C25H38O3/c1-6-7-8-9-12-24(2,3)18-14-21(27)23-19-13-17(16-26)10-11-20(19)25(4,5)28-22(23)15-18/h10,14-15,19-20,26-27H,6-9,11-13,16H2,1-5H3/t19-,20-/m0/s1/i2D3,3D3. The van der Waals surface area contributed by atoms with Gasteiger partial charge in [-0.15, -0.1) is 0 Å². The predicted octanol–water partition coefficient (Wildman–Crippen LogP) is 6.22. The summed E-state index contributed by atoms with van der Waals surface area (Å²) in [6.07, 6.45) is 6.29. The summed E-state index contributed by atoms with van der Waals surface area (Å²) in [6, 6.07) is 2.88. The molecule has 1 aliphatic heterocycles. The van der Waals surface area contributed by atoms with Crippen LogP contribution in [0.2, 0.25) is 0 Å². The summed E-state index contributed by atoms with van der Waals surface area (Å²) in [5.41, 5.74) is -1.19. The molecule has 1 aromatic carbocycles. The van der Waals surface area contributed by atoms with Gasteiger partial charge in [-0.25, -0.2) is 0 Å². The van der Waals surface area contributed by atoms with Crippen molar-refractivity contribution in [2.24, 2.45) is 5.92 Å². The number of aromatic hydroxyl groups is 1. The maximum Gasteiger partial charge on any atom is 0.127 e. The number of ether oxygens (including phenoxy) is 1. The van der Waals surface area contributed by atoms with Gasteiger partial charge >= 0.3 is 0 Å². The van der Waals surface area contributed by atoms with Gasteiger partial charge in [-0.05, 0) is 61.8 Å². The molecule has 2 N–H and O–H groups in total. The van der Waals surface area contributed by atoms with Gasteiger partial charge < -0.3 is 14.9 Å². The molecule has 0 aromatic heterocycles. The summed E-state index contributed by atoms with van der Waals surface area (Å²) in [6.45, 7) is 0.279. The Bertz CT molecular complexity index is 902. The summed E-state index contributed by atoms with van der Waals surface area (Å²) >= 11 is 0. The van der Waals surface area contributed by atoms with Crippen molar-refractivity contribution in [3.05, 3.63) is 34.9 Å². The second kappa shape index (κ2) is 8.10. The van der Waals surface area contributed by atoms with Crippen molar-refractivity contribution in [1.82, 2.24) is 0 Å². The quantitative estimate of drug-likeness (QED) is 0.427. The van der Waals surface area contributed by atoms with Crippen LogP contribution in [-0.4, -0.2) is 22.4 Å². The molecule has 0 saturated heterocycles. The van der Waals surface area contributed by atoms with Gasteiger partial charge in [-0.2, -0.15) is 0 Å². The van der Waals surface area contributed by atoms with Gasteiger partial charge in [0, 0.05) is 25.6 Å². The van der Waals surface area contributed by atoms with Gasteiger partial charge in [-0.3, -0.25) is 0 Å². The minimum Gasteiger partial charge on any atom is -0.508 e. The highest BCUT2D eigenvalue weighted by Crippen LogP contribution is 2.54. The molecule has 0 unspecified atom stereocenters. The van der Waals surface area contributed by atoms with E-state index in [4.69, 9.17) is 13.0 Å². The SMILES string of the molecule is [2H]C([2H])([2H])C(CCCCCC)(c1cc(O)c2c(c1)OC(C)(C)[C@H]1CC=C(CO)C[C@H]21)C([2H])([2H])[2H]. The number of rotatable bonds is 7. The number of allylic oxidation sites excluding steroid dienone is 1. The summed E-state index contributed by atoms with van der Waals surface area (Å²) in [7, 11) is 0. The Morgan fingerprint density at radius 2 is 2.04 bits per heavy atom. The highest BCUT2D eigenvalue weighted by Gasteiger charge is 2.46. The first-order valence-corrected chi connectivity index (χ1v) is 10.5. The van der Waals surface area contributed by atoms with Crippen molar-refractivity contribution in [3.8, 4) is 11.5 Å². The minimum absolute atomic E-state index is 0.0366. The monoisotopic (exact) mass is 392 g/mol. The molecule has 3 rings (SSSR count). The van der Waals surface area contributed by atoms with Crippen LogP contribution >= 0.6 is 0 Å². The van der Waals surface area contributed by atoms with E-state index in [0.29, 0.717) is 30.6 Å². The van der Waals surface area contributed by atoms with Crippen LogP contribution in [0.5, 0.6) is 11.5 Å². The Labute approximate surface area is 179 Å². The lowest BCUT2D eigenvalue weighted by Crippen LogP contribution is -2.45. The first kappa shape index (κ1) is 14.5. The molecule has 156 valence electrons. The van der Waals surface area contributed by atoms with E-state index in [9.17, 15) is 10.2 Å². The average Bonchev–Trinajstić information content (AvgIpc) is 2.70. The topological polar surface area (TPSA) is 49.7 Å². The average molecular weight is 393 g/mol. The molecule has 0 spiro atoms. The van der Waals surface area contributed by atoms with Crippen molar-refractivity contribution < 1.29 is 23.2 Å². The zero-order chi connectivity index (χ0) is 25.5. The number of hydrogen-bond acceptors (Lipinski definition) is 3. The number of phenolic OH excluding ortho intramolecular Hbond substituents is 1. The molecule has 1 aromatic rings. The Morgan fingerprint density at radius 1 is 1.25 bits per heavy atom. The Morgan fingerprint density at radius 3 is 2.71 bits per heavy atom. The number of unbranched alkanes of at least 4 members (excludes halogenated alkanes) is 3. The molecule has 1 aliphatic carbocycles. The number of hydrogen-bond donors (Lipinski definition) is 2. The van der Waals surface area contributed by atoms with Gasteiger partial charge in [0.05, 0.1) is 6.61 Å².